The Morgan fingerprint density at radius 3 is 2.74 bits per heavy atom. The topological polar surface area (TPSA) is 22.4 Å². The van der Waals surface area contributed by atoms with Crippen LogP contribution in [0.25, 0.3) is 11.0 Å². The summed E-state index contributed by atoms with van der Waals surface area (Å²) >= 11 is 0. The SMILES string of the molecule is Cc1ccccc1OCc1cc2cccc(F)c2o1. The molecule has 0 N–H and O–H groups in total. The van der Waals surface area contributed by atoms with Gasteiger partial charge in [0.2, 0.25) is 0 Å². The third-order valence-corrected chi connectivity index (χ3v) is 3.01. The van der Waals surface area contributed by atoms with Gasteiger partial charge in [0, 0.05) is 5.39 Å². The molecule has 3 heteroatoms. The fourth-order valence-electron chi connectivity index (χ4n) is 2.02. The van der Waals surface area contributed by atoms with Crippen LogP contribution in [0.3, 0.4) is 0 Å². The number of fused-ring (bicyclic) bond motifs is 1. The van der Waals surface area contributed by atoms with Gasteiger partial charge in [-0.15, -0.1) is 0 Å². The molecule has 0 atom stereocenters. The number of aryl methyl sites for hydroxylation is 1. The van der Waals surface area contributed by atoms with E-state index in [0.717, 1.165) is 16.7 Å². The average Bonchev–Trinajstić information content (AvgIpc) is 2.82. The van der Waals surface area contributed by atoms with Crippen LogP contribution in [0.5, 0.6) is 5.75 Å². The van der Waals surface area contributed by atoms with Crippen LogP contribution >= 0.6 is 0 Å². The van der Waals surface area contributed by atoms with Gasteiger partial charge in [-0.05, 0) is 30.7 Å². The predicted octanol–water partition coefficient (Wildman–Crippen LogP) is 4.46. The number of para-hydroxylation sites is 2. The summed E-state index contributed by atoms with van der Waals surface area (Å²) in [6, 6.07) is 14.4. The standard InChI is InChI=1S/C16H13FO2/c1-11-5-2-3-8-15(11)18-10-13-9-12-6-4-7-14(17)16(12)19-13/h2-9H,10H2,1H3. The van der Waals surface area contributed by atoms with Crippen LogP contribution in [0.1, 0.15) is 11.3 Å². The molecule has 96 valence electrons. The molecule has 2 nitrogen and oxygen atoms in total. The molecule has 0 unspecified atom stereocenters. The maximum Gasteiger partial charge on any atom is 0.170 e. The molecule has 3 aromatic rings. The Labute approximate surface area is 110 Å². The zero-order valence-electron chi connectivity index (χ0n) is 10.5. The number of hydrogen-bond donors (Lipinski definition) is 0. The van der Waals surface area contributed by atoms with Crippen LogP contribution in [0.4, 0.5) is 4.39 Å². The van der Waals surface area contributed by atoms with Crippen LogP contribution < -0.4 is 4.74 Å². The maximum absolute atomic E-state index is 13.5. The van der Waals surface area contributed by atoms with Gasteiger partial charge >= 0.3 is 0 Å². The monoisotopic (exact) mass is 256 g/mol. The quantitative estimate of drug-likeness (QED) is 0.690. The Kier molecular flexibility index (Phi) is 2.95. The molecule has 2 aromatic carbocycles. The van der Waals surface area contributed by atoms with Gasteiger partial charge in [-0.3, -0.25) is 0 Å². The molecule has 0 saturated heterocycles. The van der Waals surface area contributed by atoms with Crippen molar-refractivity contribution in [3.8, 4) is 5.75 Å². The van der Waals surface area contributed by atoms with E-state index < -0.39 is 0 Å². The fourth-order valence-corrected chi connectivity index (χ4v) is 2.02. The molecule has 0 amide bonds. The minimum Gasteiger partial charge on any atom is -0.485 e. The molecule has 1 aromatic heterocycles. The van der Waals surface area contributed by atoms with Gasteiger partial charge in [-0.2, -0.15) is 0 Å². The zero-order chi connectivity index (χ0) is 13.2. The number of hydrogen-bond acceptors (Lipinski definition) is 2. The van der Waals surface area contributed by atoms with Crippen molar-refractivity contribution >= 4 is 11.0 Å². The second kappa shape index (κ2) is 4.76. The first kappa shape index (κ1) is 11.8. The highest BCUT2D eigenvalue weighted by Crippen LogP contribution is 2.24. The second-order valence-corrected chi connectivity index (χ2v) is 4.43. The Hall–Kier alpha value is -2.29. The average molecular weight is 256 g/mol. The Morgan fingerprint density at radius 1 is 1.11 bits per heavy atom. The lowest BCUT2D eigenvalue weighted by Gasteiger charge is -2.06. The van der Waals surface area contributed by atoms with Gasteiger partial charge in [-0.1, -0.05) is 30.3 Å². The fraction of sp³-hybridized carbons (Fsp3) is 0.125. The van der Waals surface area contributed by atoms with Crippen molar-refractivity contribution in [1.82, 2.24) is 0 Å². The van der Waals surface area contributed by atoms with Crippen LogP contribution in [0, 0.1) is 12.7 Å². The molecule has 3 rings (SSSR count). The summed E-state index contributed by atoms with van der Waals surface area (Å²) in [4.78, 5) is 0. The highest BCUT2D eigenvalue weighted by molar-refractivity contribution is 5.78. The van der Waals surface area contributed by atoms with Gasteiger partial charge in [0.25, 0.3) is 0 Å². The van der Waals surface area contributed by atoms with E-state index in [4.69, 9.17) is 9.15 Å². The third-order valence-electron chi connectivity index (χ3n) is 3.01. The Morgan fingerprint density at radius 2 is 1.95 bits per heavy atom. The molecule has 1 heterocycles. The van der Waals surface area contributed by atoms with E-state index in [2.05, 4.69) is 0 Å². The van der Waals surface area contributed by atoms with E-state index >= 15 is 0 Å². The summed E-state index contributed by atoms with van der Waals surface area (Å²) in [6.07, 6.45) is 0. The van der Waals surface area contributed by atoms with Crippen molar-refractivity contribution in [2.24, 2.45) is 0 Å². The first-order chi connectivity index (χ1) is 9.24. The summed E-state index contributed by atoms with van der Waals surface area (Å²) in [5, 5.41) is 0.753. The summed E-state index contributed by atoms with van der Waals surface area (Å²) in [6.45, 7) is 2.27. The number of halogens is 1. The Bertz CT molecular complexity index is 716. The van der Waals surface area contributed by atoms with E-state index in [1.807, 2.05) is 37.3 Å². The summed E-state index contributed by atoms with van der Waals surface area (Å²) < 4.78 is 24.6. The van der Waals surface area contributed by atoms with Gasteiger partial charge in [0.15, 0.2) is 11.4 Å². The van der Waals surface area contributed by atoms with E-state index in [-0.39, 0.29) is 11.4 Å². The van der Waals surface area contributed by atoms with Crippen molar-refractivity contribution in [1.29, 1.82) is 0 Å². The van der Waals surface area contributed by atoms with Gasteiger partial charge in [-0.25, -0.2) is 4.39 Å². The molecule has 19 heavy (non-hydrogen) atoms. The van der Waals surface area contributed by atoms with Gasteiger partial charge < -0.3 is 9.15 Å². The molecule has 0 spiro atoms. The minimum atomic E-state index is -0.348. The van der Waals surface area contributed by atoms with Crippen LogP contribution in [-0.4, -0.2) is 0 Å². The van der Waals surface area contributed by atoms with Crippen LogP contribution in [0.2, 0.25) is 0 Å². The lowest BCUT2D eigenvalue weighted by molar-refractivity contribution is 0.272. The van der Waals surface area contributed by atoms with Crippen molar-refractivity contribution in [2.45, 2.75) is 13.5 Å². The van der Waals surface area contributed by atoms with Gasteiger partial charge in [0.05, 0.1) is 0 Å². The highest BCUT2D eigenvalue weighted by atomic mass is 19.1. The Balaban J connectivity index is 1.83. The second-order valence-electron chi connectivity index (χ2n) is 4.43. The highest BCUT2D eigenvalue weighted by Gasteiger charge is 2.08. The molecule has 0 radical (unpaired) electrons. The predicted molar refractivity (Wildman–Crippen MR) is 71.7 cm³/mol. The van der Waals surface area contributed by atoms with Crippen molar-refractivity contribution in [3.05, 3.63) is 65.7 Å². The lowest BCUT2D eigenvalue weighted by atomic mass is 10.2. The van der Waals surface area contributed by atoms with E-state index in [9.17, 15) is 4.39 Å². The molecule has 0 aliphatic heterocycles. The normalized spacial score (nSPS) is 10.8. The number of benzene rings is 2. The van der Waals surface area contributed by atoms with Gasteiger partial charge in [0.1, 0.15) is 18.1 Å². The minimum absolute atomic E-state index is 0.283. The lowest BCUT2D eigenvalue weighted by Crippen LogP contribution is -1.95. The number of rotatable bonds is 3. The maximum atomic E-state index is 13.5. The first-order valence-electron chi connectivity index (χ1n) is 6.09. The summed E-state index contributed by atoms with van der Waals surface area (Å²) in [5.41, 5.74) is 1.34. The van der Waals surface area contributed by atoms with Crippen molar-refractivity contribution < 1.29 is 13.5 Å². The first-order valence-corrected chi connectivity index (χ1v) is 6.09. The largest absolute Gasteiger partial charge is 0.485 e. The number of ether oxygens (including phenoxy) is 1. The molecule has 0 aliphatic carbocycles. The molecule has 0 saturated carbocycles. The van der Waals surface area contributed by atoms with Crippen molar-refractivity contribution in [2.75, 3.05) is 0 Å². The summed E-state index contributed by atoms with van der Waals surface area (Å²) in [7, 11) is 0. The molecular weight excluding hydrogens is 243 g/mol. The van der Waals surface area contributed by atoms with Crippen LogP contribution in [-0.2, 0) is 6.61 Å². The van der Waals surface area contributed by atoms with E-state index in [1.54, 1.807) is 12.1 Å². The molecular formula is C16H13FO2. The van der Waals surface area contributed by atoms with Crippen molar-refractivity contribution in [3.63, 3.8) is 0 Å². The smallest absolute Gasteiger partial charge is 0.170 e. The number of furan rings is 1. The molecule has 0 aliphatic rings. The molecule has 0 bridgehead atoms. The zero-order valence-corrected chi connectivity index (χ0v) is 10.5. The van der Waals surface area contributed by atoms with E-state index in [1.165, 1.54) is 6.07 Å². The molecule has 0 fully saturated rings. The van der Waals surface area contributed by atoms with Crippen LogP contribution in [0.15, 0.2) is 52.9 Å². The third kappa shape index (κ3) is 2.32. The summed E-state index contributed by atoms with van der Waals surface area (Å²) in [5.74, 6) is 1.08. The van der Waals surface area contributed by atoms with E-state index in [0.29, 0.717) is 12.4 Å².